The Labute approximate surface area is 127 Å². The molecule has 0 spiro atoms. The maximum atomic E-state index is 12.1. The average Bonchev–Trinajstić information content (AvgIpc) is 2.87. The summed E-state index contributed by atoms with van der Waals surface area (Å²) in [7, 11) is 0. The molecule has 0 aliphatic carbocycles. The van der Waals surface area contributed by atoms with Crippen molar-refractivity contribution in [2.75, 3.05) is 24.6 Å². The van der Waals surface area contributed by atoms with E-state index in [1.54, 1.807) is 37.3 Å². The van der Waals surface area contributed by atoms with Crippen LogP contribution in [0.15, 0.2) is 30.3 Å². The van der Waals surface area contributed by atoms with Gasteiger partial charge in [0.2, 0.25) is 0 Å². The smallest absolute Gasteiger partial charge is 0.415 e. The highest BCUT2D eigenvalue weighted by atomic mass is 16.5. The van der Waals surface area contributed by atoms with E-state index in [0.29, 0.717) is 11.3 Å². The van der Waals surface area contributed by atoms with Crippen molar-refractivity contribution in [1.29, 1.82) is 0 Å². The number of imide groups is 1. The van der Waals surface area contributed by atoms with E-state index < -0.39 is 18.1 Å². The van der Waals surface area contributed by atoms with E-state index in [0.717, 1.165) is 4.90 Å². The van der Waals surface area contributed by atoms with Crippen LogP contribution in [0.3, 0.4) is 0 Å². The summed E-state index contributed by atoms with van der Waals surface area (Å²) in [6.45, 7) is 2.38. The molecular weight excluding hydrogens is 288 g/mol. The highest BCUT2D eigenvalue weighted by Crippen LogP contribution is 2.25. The molecule has 7 heteroatoms. The lowest BCUT2D eigenvalue weighted by Gasteiger charge is -2.18. The quantitative estimate of drug-likeness (QED) is 0.680. The zero-order valence-electron chi connectivity index (χ0n) is 12.1. The first kappa shape index (κ1) is 15.6. The second-order valence-corrected chi connectivity index (χ2v) is 4.51. The lowest BCUT2D eigenvalue weighted by atomic mass is 10.1. The van der Waals surface area contributed by atoms with Crippen LogP contribution in [-0.4, -0.2) is 47.8 Å². The Morgan fingerprint density at radius 3 is 2.68 bits per heavy atom. The van der Waals surface area contributed by atoms with Crippen molar-refractivity contribution in [3.8, 4) is 0 Å². The zero-order valence-corrected chi connectivity index (χ0v) is 12.1. The Morgan fingerprint density at radius 2 is 2.05 bits per heavy atom. The molecular formula is C15H16N2O5. The van der Waals surface area contributed by atoms with Gasteiger partial charge in [-0.3, -0.25) is 4.90 Å². The Bertz CT molecular complexity index is 626. The molecule has 2 rings (SSSR count). The maximum absolute atomic E-state index is 12.1. The van der Waals surface area contributed by atoms with Gasteiger partial charge in [-0.15, -0.1) is 0 Å². The predicted molar refractivity (Wildman–Crippen MR) is 79.6 cm³/mol. The monoisotopic (exact) mass is 304 g/mol. The van der Waals surface area contributed by atoms with E-state index in [4.69, 9.17) is 9.84 Å². The third-order valence-corrected chi connectivity index (χ3v) is 3.15. The molecule has 0 aromatic heterocycles. The van der Waals surface area contributed by atoms with E-state index in [1.807, 2.05) is 0 Å². The third kappa shape index (κ3) is 3.25. The van der Waals surface area contributed by atoms with Gasteiger partial charge in [0.25, 0.3) is 0 Å². The van der Waals surface area contributed by atoms with Gasteiger partial charge in [0, 0.05) is 12.6 Å². The highest BCUT2D eigenvalue weighted by Gasteiger charge is 2.34. The van der Waals surface area contributed by atoms with Crippen molar-refractivity contribution >= 4 is 29.9 Å². The van der Waals surface area contributed by atoms with Crippen LogP contribution in [-0.2, 0) is 9.53 Å². The Hall–Kier alpha value is -2.83. The van der Waals surface area contributed by atoms with Crippen molar-refractivity contribution in [2.45, 2.75) is 6.92 Å². The molecule has 7 nitrogen and oxygen atoms in total. The van der Waals surface area contributed by atoms with Crippen molar-refractivity contribution in [3.63, 3.8) is 0 Å². The molecule has 116 valence electrons. The summed E-state index contributed by atoms with van der Waals surface area (Å²) in [5.41, 5.74) is 1.19. The van der Waals surface area contributed by atoms with Crippen molar-refractivity contribution in [2.24, 2.45) is 0 Å². The molecule has 1 fully saturated rings. The standard InChI is InChI=1S/C15H16N2O5/c1-2-22-13(18)8-7-11-5-3-4-6-12(11)16-9-10-17(14(16)19)15(20)21/h3-8H,2,9-10H2,1H3,(H,20,21)/b8-7+. The molecule has 1 aromatic carbocycles. The number of carbonyl (C=O) groups excluding carboxylic acids is 2. The van der Waals surface area contributed by atoms with E-state index in [2.05, 4.69) is 0 Å². The number of amides is 3. The summed E-state index contributed by atoms with van der Waals surface area (Å²) in [6.07, 6.45) is 1.55. The van der Waals surface area contributed by atoms with Crippen LogP contribution in [0.4, 0.5) is 15.3 Å². The van der Waals surface area contributed by atoms with Gasteiger partial charge in [0.1, 0.15) is 0 Å². The molecule has 0 bridgehead atoms. The summed E-state index contributed by atoms with van der Waals surface area (Å²) in [4.78, 5) is 36.6. The summed E-state index contributed by atoms with van der Waals surface area (Å²) in [5, 5.41) is 8.96. The first-order chi connectivity index (χ1) is 10.5. The SMILES string of the molecule is CCOC(=O)/C=C/c1ccccc1N1CCN(C(=O)O)C1=O. The molecule has 1 saturated heterocycles. The van der Waals surface area contributed by atoms with Crippen LogP contribution in [0.1, 0.15) is 12.5 Å². The average molecular weight is 304 g/mol. The third-order valence-electron chi connectivity index (χ3n) is 3.15. The minimum atomic E-state index is -1.27. The number of benzene rings is 1. The van der Waals surface area contributed by atoms with E-state index in [1.165, 1.54) is 11.0 Å². The number of nitrogens with zero attached hydrogens (tertiary/aromatic N) is 2. The number of para-hydroxylation sites is 1. The van der Waals surface area contributed by atoms with Gasteiger partial charge in [-0.25, -0.2) is 19.3 Å². The molecule has 3 amide bonds. The Kier molecular flexibility index (Phi) is 4.77. The van der Waals surface area contributed by atoms with Gasteiger partial charge >= 0.3 is 18.1 Å². The number of carboxylic acid groups (broad SMARTS) is 1. The fourth-order valence-corrected chi connectivity index (χ4v) is 2.16. The number of hydrogen-bond acceptors (Lipinski definition) is 4. The van der Waals surface area contributed by atoms with Gasteiger partial charge in [-0.05, 0) is 24.6 Å². The largest absolute Gasteiger partial charge is 0.465 e. The Balaban J connectivity index is 2.24. The van der Waals surface area contributed by atoms with Crippen LogP contribution >= 0.6 is 0 Å². The number of carbonyl (C=O) groups is 3. The molecule has 0 unspecified atom stereocenters. The number of ether oxygens (including phenoxy) is 1. The van der Waals surface area contributed by atoms with Crippen LogP contribution in [0.25, 0.3) is 6.08 Å². The van der Waals surface area contributed by atoms with Gasteiger partial charge < -0.3 is 9.84 Å². The number of rotatable bonds is 4. The van der Waals surface area contributed by atoms with Crippen LogP contribution in [0, 0.1) is 0 Å². The van der Waals surface area contributed by atoms with E-state index >= 15 is 0 Å². The zero-order chi connectivity index (χ0) is 16.1. The molecule has 1 N–H and O–H groups in total. The maximum Gasteiger partial charge on any atom is 0.415 e. The molecule has 1 aromatic rings. The van der Waals surface area contributed by atoms with Crippen LogP contribution < -0.4 is 4.90 Å². The van der Waals surface area contributed by atoms with Crippen LogP contribution in [0.5, 0.6) is 0 Å². The molecule has 0 saturated carbocycles. The molecule has 22 heavy (non-hydrogen) atoms. The molecule has 0 radical (unpaired) electrons. The number of esters is 1. The van der Waals surface area contributed by atoms with Gasteiger partial charge in [-0.2, -0.15) is 0 Å². The van der Waals surface area contributed by atoms with Crippen molar-refractivity contribution < 1.29 is 24.2 Å². The predicted octanol–water partition coefficient (Wildman–Crippen LogP) is 2.18. The topological polar surface area (TPSA) is 87.2 Å². The first-order valence-corrected chi connectivity index (χ1v) is 6.80. The Morgan fingerprint density at radius 1 is 1.32 bits per heavy atom. The summed E-state index contributed by atoms with van der Waals surface area (Å²) in [5.74, 6) is -0.475. The van der Waals surface area contributed by atoms with Crippen LogP contribution in [0.2, 0.25) is 0 Å². The second kappa shape index (κ2) is 6.75. The summed E-state index contributed by atoms with van der Waals surface area (Å²) >= 11 is 0. The minimum absolute atomic E-state index is 0.115. The van der Waals surface area contributed by atoms with E-state index in [9.17, 15) is 14.4 Å². The number of anilines is 1. The summed E-state index contributed by atoms with van der Waals surface area (Å²) in [6, 6.07) is 6.36. The summed E-state index contributed by atoms with van der Waals surface area (Å²) < 4.78 is 4.81. The molecule has 1 heterocycles. The normalized spacial score (nSPS) is 14.7. The lowest BCUT2D eigenvalue weighted by Crippen LogP contribution is -2.35. The van der Waals surface area contributed by atoms with Gasteiger partial charge in [-0.1, -0.05) is 18.2 Å². The minimum Gasteiger partial charge on any atom is -0.465 e. The van der Waals surface area contributed by atoms with E-state index in [-0.39, 0.29) is 19.7 Å². The number of hydrogen-bond donors (Lipinski definition) is 1. The van der Waals surface area contributed by atoms with Crippen molar-refractivity contribution in [1.82, 2.24) is 4.90 Å². The molecule has 0 atom stereocenters. The van der Waals surface area contributed by atoms with Crippen molar-refractivity contribution in [3.05, 3.63) is 35.9 Å². The van der Waals surface area contributed by atoms with Gasteiger partial charge in [0.15, 0.2) is 0 Å². The number of urea groups is 1. The lowest BCUT2D eigenvalue weighted by molar-refractivity contribution is -0.137. The fraction of sp³-hybridized carbons (Fsp3) is 0.267. The fourth-order valence-electron chi connectivity index (χ4n) is 2.16. The molecule has 1 aliphatic heterocycles. The first-order valence-electron chi connectivity index (χ1n) is 6.80. The van der Waals surface area contributed by atoms with Gasteiger partial charge in [0.05, 0.1) is 18.8 Å². The second-order valence-electron chi connectivity index (χ2n) is 4.51. The molecule has 1 aliphatic rings. The highest BCUT2D eigenvalue weighted by molar-refractivity contribution is 6.03.